The van der Waals surface area contributed by atoms with Crippen molar-refractivity contribution in [3.63, 3.8) is 0 Å². The van der Waals surface area contributed by atoms with Crippen molar-refractivity contribution < 1.29 is 58.7 Å². The van der Waals surface area contributed by atoms with E-state index in [-0.39, 0.29) is 52.4 Å². The van der Waals surface area contributed by atoms with Crippen molar-refractivity contribution in [1.82, 2.24) is 0 Å². The van der Waals surface area contributed by atoms with Crippen LogP contribution in [0.5, 0.6) is 0 Å². The Morgan fingerprint density at radius 3 is 1.70 bits per heavy atom. The molecule has 0 aromatic heterocycles. The van der Waals surface area contributed by atoms with E-state index in [9.17, 15) is 33.6 Å². The molecule has 1 unspecified atom stereocenters. The molecule has 0 spiro atoms. The molecular formula is C20H29ClO12. The summed E-state index contributed by atoms with van der Waals surface area (Å²) in [6, 6.07) is 0. The van der Waals surface area contributed by atoms with E-state index in [0.717, 1.165) is 6.08 Å². The lowest BCUT2D eigenvalue weighted by Crippen LogP contribution is -2.28. The number of cyclic esters (lactones) is 2. The molecule has 1 fully saturated rings. The highest BCUT2D eigenvalue weighted by Gasteiger charge is 2.29. The Labute approximate surface area is 195 Å². The van der Waals surface area contributed by atoms with Gasteiger partial charge in [0, 0.05) is 25.7 Å². The van der Waals surface area contributed by atoms with Crippen molar-refractivity contribution in [2.24, 2.45) is 11.8 Å². The third-order valence-corrected chi connectivity index (χ3v) is 4.03. The van der Waals surface area contributed by atoms with Crippen molar-refractivity contribution in [3.05, 3.63) is 12.7 Å². The fourth-order valence-corrected chi connectivity index (χ4v) is 2.20. The predicted molar refractivity (Wildman–Crippen MR) is 113 cm³/mol. The molecule has 1 saturated heterocycles. The molecule has 1 aliphatic rings. The number of esters is 2. The fourth-order valence-electron chi connectivity index (χ4n) is 2.20. The molecule has 13 heteroatoms. The van der Waals surface area contributed by atoms with E-state index in [0.29, 0.717) is 6.42 Å². The summed E-state index contributed by atoms with van der Waals surface area (Å²) < 4.78 is 4.36. The van der Waals surface area contributed by atoms with E-state index in [1.165, 1.54) is 0 Å². The Hall–Kier alpha value is -3.28. The standard InChI is InChI=1S/C8H12O6.C8H10O5.C3H3ClO.CH4/c9-6(10)3-1-5(8(13)14)2-4-7(11)12;9-6(10)3-1-5-2-4-7(11)13-8(5)12;1-2-3(4)5;/h5H,1-4H2,(H,9,10)(H,11,12)(H,13,14);5H,1-4H2,(H,9,10);2H,1H2;1H4. The molecule has 1 aliphatic heterocycles. The summed E-state index contributed by atoms with van der Waals surface area (Å²) in [6.45, 7) is 3.08. The van der Waals surface area contributed by atoms with E-state index in [2.05, 4.69) is 11.3 Å². The van der Waals surface area contributed by atoms with E-state index in [1.54, 1.807) is 0 Å². The summed E-state index contributed by atoms with van der Waals surface area (Å²) in [6.07, 6.45) is 1.28. The highest BCUT2D eigenvalue weighted by atomic mass is 35.5. The van der Waals surface area contributed by atoms with E-state index >= 15 is 0 Å². The molecule has 0 amide bonds. The number of ether oxygens (including phenoxy) is 1. The van der Waals surface area contributed by atoms with Crippen LogP contribution in [-0.2, 0) is 38.3 Å². The predicted octanol–water partition coefficient (Wildman–Crippen LogP) is 2.32. The van der Waals surface area contributed by atoms with Gasteiger partial charge in [-0.15, -0.1) is 0 Å². The fraction of sp³-hybridized carbons (Fsp3) is 0.550. The van der Waals surface area contributed by atoms with Gasteiger partial charge in [0.1, 0.15) is 0 Å². The van der Waals surface area contributed by atoms with Gasteiger partial charge in [-0.2, -0.15) is 0 Å². The highest BCUT2D eigenvalue weighted by molar-refractivity contribution is 6.66. The summed E-state index contributed by atoms with van der Waals surface area (Å²) in [7, 11) is 0. The topological polar surface area (TPSA) is 210 Å². The maximum atomic E-state index is 11.0. The third-order valence-electron chi connectivity index (χ3n) is 3.87. The summed E-state index contributed by atoms with van der Waals surface area (Å²) in [5.41, 5.74) is 0. The van der Waals surface area contributed by atoms with Gasteiger partial charge in [0.05, 0.1) is 11.8 Å². The number of halogens is 1. The van der Waals surface area contributed by atoms with Crippen LogP contribution in [-0.4, -0.2) is 61.5 Å². The number of hydrogen-bond donors (Lipinski definition) is 4. The highest BCUT2D eigenvalue weighted by Crippen LogP contribution is 2.20. The molecule has 0 bridgehead atoms. The lowest BCUT2D eigenvalue weighted by atomic mass is 9.96. The first-order valence-electron chi connectivity index (χ1n) is 9.24. The average molecular weight is 497 g/mol. The molecule has 33 heavy (non-hydrogen) atoms. The Morgan fingerprint density at radius 2 is 1.39 bits per heavy atom. The molecule has 0 aromatic rings. The van der Waals surface area contributed by atoms with Gasteiger partial charge in [-0.25, -0.2) is 0 Å². The molecule has 0 aliphatic carbocycles. The second-order valence-electron chi connectivity index (χ2n) is 6.37. The van der Waals surface area contributed by atoms with Crippen LogP contribution in [0.15, 0.2) is 12.7 Å². The van der Waals surface area contributed by atoms with E-state index in [1.807, 2.05) is 0 Å². The zero-order valence-corrected chi connectivity index (χ0v) is 17.8. The zero-order valence-electron chi connectivity index (χ0n) is 17.0. The first-order valence-corrected chi connectivity index (χ1v) is 9.62. The number of hydrogen-bond acceptors (Lipinski definition) is 8. The van der Waals surface area contributed by atoms with Crippen LogP contribution in [0.25, 0.3) is 0 Å². The van der Waals surface area contributed by atoms with Gasteiger partial charge in [0.2, 0.25) is 5.24 Å². The average Bonchev–Trinajstić information content (AvgIpc) is 2.67. The maximum Gasteiger partial charge on any atom is 0.316 e. The van der Waals surface area contributed by atoms with Gasteiger partial charge in [-0.3, -0.25) is 33.6 Å². The molecule has 1 rings (SSSR count). The largest absolute Gasteiger partial charge is 0.481 e. The Morgan fingerprint density at radius 1 is 0.970 bits per heavy atom. The monoisotopic (exact) mass is 496 g/mol. The van der Waals surface area contributed by atoms with Crippen LogP contribution in [0.3, 0.4) is 0 Å². The van der Waals surface area contributed by atoms with E-state index < -0.39 is 52.9 Å². The molecule has 0 radical (unpaired) electrons. The van der Waals surface area contributed by atoms with Gasteiger partial charge >= 0.3 is 35.8 Å². The first kappa shape index (κ1) is 34.3. The van der Waals surface area contributed by atoms with Crippen LogP contribution in [0.2, 0.25) is 0 Å². The zero-order chi connectivity index (χ0) is 25.3. The second kappa shape index (κ2) is 19.4. The van der Waals surface area contributed by atoms with Crippen molar-refractivity contribution >= 4 is 52.7 Å². The lowest BCUT2D eigenvalue weighted by molar-refractivity contribution is -0.167. The summed E-state index contributed by atoms with van der Waals surface area (Å²) in [4.78, 5) is 72.1. The van der Waals surface area contributed by atoms with Crippen LogP contribution >= 0.6 is 11.6 Å². The van der Waals surface area contributed by atoms with E-state index in [4.69, 9.17) is 32.0 Å². The number of carbonyl (C=O) groups excluding carboxylic acids is 3. The SMILES string of the molecule is C.C=CC(=O)Cl.O=C(O)CCC(CCC(=O)O)C(=O)O.O=C(O)CCC1CCC(=O)OC1=O. The van der Waals surface area contributed by atoms with Gasteiger partial charge in [0.15, 0.2) is 0 Å². The number of aliphatic carboxylic acids is 4. The minimum absolute atomic E-state index is 0. The van der Waals surface area contributed by atoms with Gasteiger partial charge < -0.3 is 25.2 Å². The van der Waals surface area contributed by atoms with Gasteiger partial charge in [-0.05, 0) is 43.4 Å². The van der Waals surface area contributed by atoms with Crippen molar-refractivity contribution in [3.8, 4) is 0 Å². The summed E-state index contributed by atoms with van der Waals surface area (Å²) in [5, 5.41) is 33.1. The van der Waals surface area contributed by atoms with Crippen molar-refractivity contribution in [1.29, 1.82) is 0 Å². The van der Waals surface area contributed by atoms with Crippen LogP contribution in [0.4, 0.5) is 0 Å². The van der Waals surface area contributed by atoms with Gasteiger partial charge in [-0.1, -0.05) is 14.0 Å². The number of carboxylic acids is 4. The number of rotatable bonds is 11. The van der Waals surface area contributed by atoms with Gasteiger partial charge in [0.25, 0.3) is 0 Å². The number of carbonyl (C=O) groups is 7. The molecule has 4 N–H and O–H groups in total. The molecule has 1 heterocycles. The lowest BCUT2D eigenvalue weighted by Gasteiger charge is -2.18. The van der Waals surface area contributed by atoms with Crippen LogP contribution < -0.4 is 0 Å². The second-order valence-corrected chi connectivity index (χ2v) is 6.74. The van der Waals surface area contributed by atoms with Crippen molar-refractivity contribution in [2.75, 3.05) is 0 Å². The molecule has 188 valence electrons. The van der Waals surface area contributed by atoms with Crippen LogP contribution in [0.1, 0.15) is 58.8 Å². The molecule has 12 nitrogen and oxygen atoms in total. The maximum absolute atomic E-state index is 11.0. The molecular weight excluding hydrogens is 468 g/mol. The number of allylic oxidation sites excluding steroid dienone is 1. The number of carboxylic acid groups (broad SMARTS) is 4. The van der Waals surface area contributed by atoms with Crippen molar-refractivity contribution in [2.45, 2.75) is 58.8 Å². The smallest absolute Gasteiger partial charge is 0.316 e. The molecule has 1 atom stereocenters. The molecule has 0 aromatic carbocycles. The summed E-state index contributed by atoms with van der Waals surface area (Å²) in [5.74, 6) is -6.65. The quantitative estimate of drug-likeness (QED) is 0.140. The van der Waals surface area contributed by atoms with Crippen LogP contribution in [0, 0.1) is 11.8 Å². The Bertz CT molecular complexity index is 698. The minimum Gasteiger partial charge on any atom is -0.481 e. The third kappa shape index (κ3) is 21.7. The minimum atomic E-state index is -1.15. The molecule has 0 saturated carbocycles. The summed E-state index contributed by atoms with van der Waals surface area (Å²) >= 11 is 4.71. The normalized spacial score (nSPS) is 14.2. The first-order chi connectivity index (χ1) is 14.8. The Balaban J connectivity index is -0.000000443. The Kier molecular flexibility index (Phi) is 20.2.